The highest BCUT2D eigenvalue weighted by Crippen LogP contribution is 2.24. The van der Waals surface area contributed by atoms with Gasteiger partial charge in [0.25, 0.3) is 0 Å². The van der Waals surface area contributed by atoms with E-state index in [-0.39, 0.29) is 12.4 Å². The molecular formula is C17H25ClN4. The van der Waals surface area contributed by atoms with Crippen LogP contribution in [0.3, 0.4) is 0 Å². The molecule has 1 saturated heterocycles. The Labute approximate surface area is 138 Å². The number of rotatable bonds is 4. The van der Waals surface area contributed by atoms with Crippen molar-refractivity contribution in [3.63, 3.8) is 0 Å². The van der Waals surface area contributed by atoms with Crippen molar-refractivity contribution in [2.45, 2.75) is 32.4 Å². The van der Waals surface area contributed by atoms with Crippen molar-refractivity contribution >= 4 is 12.4 Å². The van der Waals surface area contributed by atoms with E-state index in [1.54, 1.807) is 0 Å². The number of halogens is 1. The Balaban J connectivity index is 0.00000176. The summed E-state index contributed by atoms with van der Waals surface area (Å²) in [5, 5.41) is 4.70. The van der Waals surface area contributed by atoms with Gasteiger partial charge in [-0.15, -0.1) is 12.4 Å². The van der Waals surface area contributed by atoms with Crippen molar-refractivity contribution in [3.05, 3.63) is 48.3 Å². The molecule has 1 aromatic carbocycles. The largest absolute Gasteiger partial charge is 0.329 e. The Kier molecular flexibility index (Phi) is 6.00. The van der Waals surface area contributed by atoms with Crippen LogP contribution in [0.1, 0.15) is 25.5 Å². The molecule has 2 unspecified atom stereocenters. The van der Waals surface area contributed by atoms with Gasteiger partial charge in [0.2, 0.25) is 0 Å². The Morgan fingerprint density at radius 3 is 2.73 bits per heavy atom. The summed E-state index contributed by atoms with van der Waals surface area (Å²) in [4.78, 5) is 2.49. The first-order valence-corrected chi connectivity index (χ1v) is 7.82. The number of hydrogen-bond acceptors (Lipinski definition) is 3. The van der Waals surface area contributed by atoms with Crippen molar-refractivity contribution in [2.75, 3.05) is 13.1 Å². The Morgan fingerprint density at radius 2 is 2.00 bits per heavy atom. The maximum atomic E-state index is 5.97. The van der Waals surface area contributed by atoms with Crippen molar-refractivity contribution in [3.8, 4) is 5.69 Å². The number of nitrogens with zero attached hydrogens (tertiary/aromatic N) is 3. The molecule has 0 saturated carbocycles. The van der Waals surface area contributed by atoms with Crippen LogP contribution in [0.4, 0.5) is 0 Å². The summed E-state index contributed by atoms with van der Waals surface area (Å²) < 4.78 is 1.94. The van der Waals surface area contributed by atoms with Gasteiger partial charge in [0.15, 0.2) is 0 Å². The highest BCUT2D eigenvalue weighted by atomic mass is 35.5. The van der Waals surface area contributed by atoms with Gasteiger partial charge < -0.3 is 5.73 Å². The number of nitrogens with two attached hydrogens (primary N) is 1. The average Bonchev–Trinajstić information content (AvgIpc) is 2.97. The first-order valence-electron chi connectivity index (χ1n) is 7.82. The van der Waals surface area contributed by atoms with E-state index in [4.69, 9.17) is 10.8 Å². The summed E-state index contributed by atoms with van der Waals surface area (Å²) in [7, 11) is 0. The third-order valence-corrected chi connectivity index (χ3v) is 4.50. The topological polar surface area (TPSA) is 47.1 Å². The van der Waals surface area contributed by atoms with Gasteiger partial charge in [0.05, 0.1) is 11.4 Å². The molecule has 0 bridgehead atoms. The zero-order valence-corrected chi connectivity index (χ0v) is 13.9. The summed E-state index contributed by atoms with van der Waals surface area (Å²) in [6.45, 7) is 5.07. The van der Waals surface area contributed by atoms with Crippen LogP contribution in [0.5, 0.6) is 0 Å². The zero-order chi connectivity index (χ0) is 14.7. The molecule has 0 aliphatic carbocycles. The van der Waals surface area contributed by atoms with E-state index in [1.165, 1.54) is 12.8 Å². The lowest BCUT2D eigenvalue weighted by Crippen LogP contribution is -2.48. The minimum absolute atomic E-state index is 0. The van der Waals surface area contributed by atoms with Crippen LogP contribution in [-0.4, -0.2) is 33.8 Å². The maximum Gasteiger partial charge on any atom is 0.0769 e. The second-order valence-corrected chi connectivity index (χ2v) is 5.98. The fourth-order valence-corrected chi connectivity index (χ4v) is 3.29. The predicted octanol–water partition coefficient (Wildman–Crippen LogP) is 2.85. The van der Waals surface area contributed by atoms with E-state index in [1.807, 2.05) is 29.1 Å². The van der Waals surface area contributed by atoms with Gasteiger partial charge in [-0.25, -0.2) is 4.68 Å². The molecule has 5 heteroatoms. The van der Waals surface area contributed by atoms with Gasteiger partial charge in [-0.05, 0) is 43.5 Å². The molecule has 0 radical (unpaired) electrons. The lowest BCUT2D eigenvalue weighted by molar-refractivity contribution is 0.0976. The number of benzene rings is 1. The van der Waals surface area contributed by atoms with Gasteiger partial charge >= 0.3 is 0 Å². The summed E-state index contributed by atoms with van der Waals surface area (Å²) in [5.74, 6) is 0.681. The summed E-state index contributed by atoms with van der Waals surface area (Å²) in [5.41, 5.74) is 8.19. The monoisotopic (exact) mass is 320 g/mol. The van der Waals surface area contributed by atoms with Crippen LogP contribution >= 0.6 is 12.4 Å². The number of para-hydroxylation sites is 1. The molecular weight excluding hydrogens is 296 g/mol. The standard InChI is InChI=1S/C17H24N4.ClH/c1-14-6-5-10-20(17(14)12-18)13-15-9-11-21(19-15)16-7-3-2-4-8-16;/h2-4,7-9,11,14,17H,5-6,10,12-13,18H2,1H3;1H. The molecule has 1 aliphatic rings. The quantitative estimate of drug-likeness (QED) is 0.942. The van der Waals surface area contributed by atoms with Crippen molar-refractivity contribution in [2.24, 2.45) is 11.7 Å². The number of piperidine rings is 1. The molecule has 3 rings (SSSR count). The lowest BCUT2D eigenvalue weighted by atomic mass is 9.91. The van der Waals surface area contributed by atoms with Crippen molar-refractivity contribution < 1.29 is 0 Å². The number of aromatic nitrogens is 2. The molecule has 0 amide bonds. The van der Waals surface area contributed by atoms with Crippen LogP contribution in [0.15, 0.2) is 42.6 Å². The molecule has 4 nitrogen and oxygen atoms in total. The highest BCUT2D eigenvalue weighted by Gasteiger charge is 2.27. The predicted molar refractivity (Wildman–Crippen MR) is 92.5 cm³/mol. The Hall–Kier alpha value is -1.36. The fraction of sp³-hybridized carbons (Fsp3) is 0.471. The second-order valence-electron chi connectivity index (χ2n) is 5.98. The minimum Gasteiger partial charge on any atom is -0.329 e. The molecule has 2 aromatic rings. The van der Waals surface area contributed by atoms with Gasteiger partial charge in [-0.3, -0.25) is 4.90 Å². The molecule has 2 heterocycles. The molecule has 1 aliphatic heterocycles. The Morgan fingerprint density at radius 1 is 1.23 bits per heavy atom. The zero-order valence-electron chi connectivity index (χ0n) is 13.1. The average molecular weight is 321 g/mol. The molecule has 2 atom stereocenters. The molecule has 2 N–H and O–H groups in total. The molecule has 120 valence electrons. The van der Waals surface area contributed by atoms with Crippen LogP contribution in [0.25, 0.3) is 5.69 Å². The van der Waals surface area contributed by atoms with Gasteiger partial charge in [-0.1, -0.05) is 25.1 Å². The van der Waals surface area contributed by atoms with E-state index in [9.17, 15) is 0 Å². The van der Waals surface area contributed by atoms with Gasteiger partial charge in [-0.2, -0.15) is 5.10 Å². The van der Waals surface area contributed by atoms with Crippen molar-refractivity contribution in [1.82, 2.24) is 14.7 Å². The molecule has 1 fully saturated rings. The van der Waals surface area contributed by atoms with Crippen LogP contribution < -0.4 is 5.73 Å². The Bertz CT molecular complexity index is 569. The maximum absolute atomic E-state index is 5.97. The third-order valence-electron chi connectivity index (χ3n) is 4.50. The fourth-order valence-electron chi connectivity index (χ4n) is 3.29. The number of hydrogen-bond donors (Lipinski definition) is 1. The van der Waals surface area contributed by atoms with Crippen LogP contribution in [0.2, 0.25) is 0 Å². The van der Waals surface area contributed by atoms with E-state index in [2.05, 4.69) is 30.0 Å². The van der Waals surface area contributed by atoms with E-state index >= 15 is 0 Å². The van der Waals surface area contributed by atoms with Gasteiger partial charge in [0, 0.05) is 25.3 Å². The SMILES string of the molecule is CC1CCCN(Cc2ccn(-c3ccccc3)n2)C1CN.Cl. The van der Waals surface area contributed by atoms with E-state index < -0.39 is 0 Å². The van der Waals surface area contributed by atoms with E-state index in [0.29, 0.717) is 12.0 Å². The molecule has 22 heavy (non-hydrogen) atoms. The minimum atomic E-state index is 0. The highest BCUT2D eigenvalue weighted by molar-refractivity contribution is 5.85. The smallest absolute Gasteiger partial charge is 0.0769 e. The summed E-state index contributed by atoms with van der Waals surface area (Å²) >= 11 is 0. The van der Waals surface area contributed by atoms with Crippen molar-refractivity contribution in [1.29, 1.82) is 0 Å². The van der Waals surface area contributed by atoms with Crippen LogP contribution in [0, 0.1) is 5.92 Å². The lowest BCUT2D eigenvalue weighted by Gasteiger charge is -2.39. The second kappa shape index (κ2) is 7.77. The van der Waals surface area contributed by atoms with Gasteiger partial charge in [0.1, 0.15) is 0 Å². The molecule has 0 spiro atoms. The molecule has 1 aromatic heterocycles. The number of likely N-dealkylation sites (tertiary alicyclic amines) is 1. The normalized spacial score (nSPS) is 22.3. The van der Waals surface area contributed by atoms with E-state index in [0.717, 1.165) is 31.0 Å². The summed E-state index contributed by atoms with van der Waals surface area (Å²) in [6.07, 6.45) is 4.59. The summed E-state index contributed by atoms with van der Waals surface area (Å²) in [6, 6.07) is 12.8. The van der Waals surface area contributed by atoms with Crippen LogP contribution in [-0.2, 0) is 6.54 Å². The first kappa shape index (κ1) is 17.0. The third kappa shape index (κ3) is 3.69. The first-order chi connectivity index (χ1) is 10.3.